The minimum Gasteiger partial charge on any atom is -0.340 e. The monoisotopic (exact) mass is 429 g/mol. The summed E-state index contributed by atoms with van der Waals surface area (Å²) in [6, 6.07) is 14.1. The molecule has 1 amide bonds. The van der Waals surface area contributed by atoms with E-state index < -0.39 is 10.0 Å². The highest BCUT2D eigenvalue weighted by Crippen LogP contribution is 2.26. The SMILES string of the molecule is O=C(Cc1ccc(Cl)cc1)N1CCN(S(=O)(=O)c2cccc3cnccc23)CC1. The quantitative estimate of drug-likeness (QED) is 0.639. The number of hydrogen-bond acceptors (Lipinski definition) is 4. The standard InChI is InChI=1S/C21H20ClN3O3S/c22-18-6-4-16(5-7-18)14-21(26)24-10-12-25(13-11-24)29(27,28)20-3-1-2-17-15-23-9-8-19(17)20/h1-9,15H,10-14H2. The molecule has 6 nitrogen and oxygen atoms in total. The number of benzene rings is 2. The Morgan fingerprint density at radius 1 is 1.00 bits per heavy atom. The molecule has 0 saturated carbocycles. The summed E-state index contributed by atoms with van der Waals surface area (Å²) in [6.45, 7) is 1.29. The third kappa shape index (κ3) is 4.12. The molecule has 1 saturated heterocycles. The second-order valence-electron chi connectivity index (χ2n) is 6.94. The maximum atomic E-state index is 13.2. The highest BCUT2D eigenvalue weighted by molar-refractivity contribution is 7.89. The van der Waals surface area contributed by atoms with Gasteiger partial charge in [0, 0.05) is 54.4 Å². The molecule has 0 aliphatic carbocycles. The Hall–Kier alpha value is -2.48. The van der Waals surface area contributed by atoms with E-state index in [1.165, 1.54) is 4.31 Å². The molecule has 0 bridgehead atoms. The molecule has 3 aromatic rings. The van der Waals surface area contributed by atoms with Crippen LogP contribution in [0, 0.1) is 0 Å². The molecular weight excluding hydrogens is 410 g/mol. The second kappa shape index (κ2) is 8.10. The van der Waals surface area contributed by atoms with Gasteiger partial charge in [-0.1, -0.05) is 35.9 Å². The molecule has 0 radical (unpaired) electrons. The third-order valence-electron chi connectivity index (χ3n) is 5.12. The first-order chi connectivity index (χ1) is 13.9. The number of hydrogen-bond donors (Lipinski definition) is 0. The summed E-state index contributed by atoms with van der Waals surface area (Å²) in [7, 11) is -3.65. The lowest BCUT2D eigenvalue weighted by molar-refractivity contribution is -0.131. The minimum absolute atomic E-state index is 0.0133. The van der Waals surface area contributed by atoms with E-state index in [2.05, 4.69) is 4.98 Å². The van der Waals surface area contributed by atoms with Gasteiger partial charge in [0.05, 0.1) is 11.3 Å². The Morgan fingerprint density at radius 3 is 2.45 bits per heavy atom. The molecule has 0 N–H and O–H groups in total. The smallest absolute Gasteiger partial charge is 0.243 e. The van der Waals surface area contributed by atoms with Crippen LogP contribution in [0.3, 0.4) is 0 Å². The van der Waals surface area contributed by atoms with Crippen molar-refractivity contribution in [2.45, 2.75) is 11.3 Å². The first-order valence-corrected chi connectivity index (χ1v) is 11.1. The molecule has 1 aromatic heterocycles. The Bertz CT molecular complexity index is 1140. The lowest BCUT2D eigenvalue weighted by Gasteiger charge is -2.34. The van der Waals surface area contributed by atoms with E-state index >= 15 is 0 Å². The van der Waals surface area contributed by atoms with E-state index in [9.17, 15) is 13.2 Å². The number of aromatic nitrogens is 1. The van der Waals surface area contributed by atoms with Crippen molar-refractivity contribution in [3.05, 3.63) is 71.5 Å². The van der Waals surface area contributed by atoms with Gasteiger partial charge in [0.15, 0.2) is 0 Å². The summed E-state index contributed by atoms with van der Waals surface area (Å²) in [5.74, 6) is -0.0133. The number of pyridine rings is 1. The number of nitrogens with zero attached hydrogens (tertiary/aromatic N) is 3. The number of fused-ring (bicyclic) bond motifs is 1. The molecule has 0 spiro atoms. The lowest BCUT2D eigenvalue weighted by atomic mass is 10.1. The molecule has 1 fully saturated rings. The van der Waals surface area contributed by atoms with Crippen molar-refractivity contribution in [2.75, 3.05) is 26.2 Å². The summed E-state index contributed by atoms with van der Waals surface area (Å²) in [5, 5.41) is 2.07. The highest BCUT2D eigenvalue weighted by Gasteiger charge is 2.31. The Kier molecular flexibility index (Phi) is 5.54. The third-order valence-corrected chi connectivity index (χ3v) is 7.33. The van der Waals surface area contributed by atoms with Gasteiger partial charge in [0.1, 0.15) is 0 Å². The Balaban J connectivity index is 1.46. The number of halogens is 1. The van der Waals surface area contributed by atoms with Gasteiger partial charge in [-0.3, -0.25) is 9.78 Å². The maximum absolute atomic E-state index is 13.2. The van der Waals surface area contributed by atoms with Crippen molar-refractivity contribution in [2.24, 2.45) is 0 Å². The topological polar surface area (TPSA) is 70.6 Å². The molecule has 1 aliphatic heterocycles. The summed E-state index contributed by atoms with van der Waals surface area (Å²) >= 11 is 5.88. The molecule has 1 aliphatic rings. The lowest BCUT2D eigenvalue weighted by Crippen LogP contribution is -2.50. The van der Waals surface area contributed by atoms with Crippen molar-refractivity contribution < 1.29 is 13.2 Å². The van der Waals surface area contributed by atoms with Gasteiger partial charge >= 0.3 is 0 Å². The van der Waals surface area contributed by atoms with Gasteiger partial charge in [0.25, 0.3) is 0 Å². The molecule has 29 heavy (non-hydrogen) atoms. The van der Waals surface area contributed by atoms with Crippen LogP contribution in [0.1, 0.15) is 5.56 Å². The van der Waals surface area contributed by atoms with Gasteiger partial charge < -0.3 is 4.90 Å². The van der Waals surface area contributed by atoms with Crippen LogP contribution in [0.4, 0.5) is 0 Å². The van der Waals surface area contributed by atoms with Crippen LogP contribution in [0.25, 0.3) is 10.8 Å². The van der Waals surface area contributed by atoms with Crippen LogP contribution >= 0.6 is 11.6 Å². The zero-order valence-electron chi connectivity index (χ0n) is 15.7. The molecular formula is C21H20ClN3O3S. The Morgan fingerprint density at radius 2 is 1.72 bits per heavy atom. The largest absolute Gasteiger partial charge is 0.340 e. The average Bonchev–Trinajstić information content (AvgIpc) is 2.75. The van der Waals surface area contributed by atoms with Crippen LogP contribution in [-0.4, -0.2) is 54.7 Å². The van der Waals surface area contributed by atoms with Gasteiger partial charge in [-0.15, -0.1) is 0 Å². The van der Waals surface area contributed by atoms with Crippen LogP contribution in [0.5, 0.6) is 0 Å². The fourth-order valence-corrected chi connectivity index (χ4v) is 5.29. The number of amides is 1. The van der Waals surface area contributed by atoms with E-state index in [4.69, 9.17) is 11.6 Å². The summed E-state index contributed by atoms with van der Waals surface area (Å²) < 4.78 is 27.8. The molecule has 8 heteroatoms. The normalized spacial score (nSPS) is 15.6. The van der Waals surface area contributed by atoms with E-state index in [-0.39, 0.29) is 30.3 Å². The number of sulfonamides is 1. The van der Waals surface area contributed by atoms with Crippen molar-refractivity contribution in [1.82, 2.24) is 14.2 Å². The van der Waals surface area contributed by atoms with Crippen LogP contribution < -0.4 is 0 Å². The van der Waals surface area contributed by atoms with Gasteiger partial charge in [-0.05, 0) is 29.8 Å². The first kappa shape index (κ1) is 19.8. The highest BCUT2D eigenvalue weighted by atomic mass is 35.5. The van der Waals surface area contributed by atoms with Crippen molar-refractivity contribution in [3.63, 3.8) is 0 Å². The van der Waals surface area contributed by atoms with Crippen molar-refractivity contribution in [1.29, 1.82) is 0 Å². The number of rotatable bonds is 4. The molecule has 4 rings (SSSR count). The van der Waals surface area contributed by atoms with Crippen molar-refractivity contribution in [3.8, 4) is 0 Å². The van der Waals surface area contributed by atoms with Gasteiger partial charge in [0.2, 0.25) is 15.9 Å². The summed E-state index contributed by atoms with van der Waals surface area (Å²) in [5.41, 5.74) is 0.888. The van der Waals surface area contributed by atoms with Gasteiger partial charge in [-0.25, -0.2) is 8.42 Å². The Labute approximate surface area is 174 Å². The average molecular weight is 430 g/mol. The van der Waals surface area contributed by atoms with Crippen LogP contribution in [0.2, 0.25) is 5.02 Å². The fraction of sp³-hybridized carbons (Fsp3) is 0.238. The minimum atomic E-state index is -3.65. The zero-order valence-corrected chi connectivity index (χ0v) is 17.2. The summed E-state index contributed by atoms with van der Waals surface area (Å²) in [6.07, 6.45) is 3.52. The molecule has 2 heterocycles. The molecule has 150 valence electrons. The maximum Gasteiger partial charge on any atom is 0.243 e. The number of piperazine rings is 1. The molecule has 2 aromatic carbocycles. The summed E-state index contributed by atoms with van der Waals surface area (Å²) in [4.78, 5) is 18.6. The van der Waals surface area contributed by atoms with E-state index in [0.29, 0.717) is 23.5 Å². The molecule has 0 unspecified atom stereocenters. The van der Waals surface area contributed by atoms with Crippen LogP contribution in [-0.2, 0) is 21.2 Å². The van der Waals surface area contributed by atoms with Gasteiger partial charge in [-0.2, -0.15) is 4.31 Å². The molecule has 0 atom stereocenters. The van der Waals surface area contributed by atoms with Crippen molar-refractivity contribution >= 4 is 38.3 Å². The van der Waals surface area contributed by atoms with E-state index in [1.54, 1.807) is 47.6 Å². The number of carbonyl (C=O) groups is 1. The predicted octanol–water partition coefficient (Wildman–Crippen LogP) is 2.96. The second-order valence-corrected chi connectivity index (χ2v) is 9.28. The van der Waals surface area contributed by atoms with E-state index in [0.717, 1.165) is 10.9 Å². The first-order valence-electron chi connectivity index (χ1n) is 9.30. The van der Waals surface area contributed by atoms with Crippen LogP contribution in [0.15, 0.2) is 65.8 Å². The number of carbonyl (C=O) groups excluding carboxylic acids is 1. The zero-order chi connectivity index (χ0) is 20.4. The fourth-order valence-electron chi connectivity index (χ4n) is 3.52. The van der Waals surface area contributed by atoms with E-state index in [1.807, 2.05) is 18.2 Å². The predicted molar refractivity (Wildman–Crippen MR) is 112 cm³/mol.